The standard InChI is InChI=1S/C34H40F5N3O4/c1-18(2)10-28(42-17-22(8-9-41(6)7)11-21(5)33(42)46)32(45)40-27(16-29(43)44)25-14-23(15-26(31(25)36)34(37,38)39)30-19(3)12-24(35)13-20(30)4/h11-15,17-18,27-28H,8-10,16H2,1-7H3,(H,40,45)(H,43,44). The van der Waals surface area contributed by atoms with Gasteiger partial charge < -0.3 is 19.9 Å². The van der Waals surface area contributed by atoms with Crippen LogP contribution in [0.3, 0.4) is 0 Å². The number of benzene rings is 2. The van der Waals surface area contributed by atoms with Crippen LogP contribution in [-0.4, -0.2) is 47.1 Å². The number of aromatic nitrogens is 1. The fourth-order valence-corrected chi connectivity index (χ4v) is 5.63. The minimum Gasteiger partial charge on any atom is -0.481 e. The van der Waals surface area contributed by atoms with E-state index in [1.165, 1.54) is 18.4 Å². The monoisotopic (exact) mass is 649 g/mol. The molecule has 3 aromatic rings. The summed E-state index contributed by atoms with van der Waals surface area (Å²) in [6.45, 7) is 8.87. The number of likely N-dealkylation sites (N-methyl/N-ethyl adjacent to an activating group) is 1. The molecule has 0 fully saturated rings. The van der Waals surface area contributed by atoms with Crippen LogP contribution in [0.5, 0.6) is 0 Å². The number of carboxylic acids is 1. The van der Waals surface area contributed by atoms with E-state index in [1.807, 2.05) is 32.8 Å². The van der Waals surface area contributed by atoms with Crippen LogP contribution < -0.4 is 10.9 Å². The highest BCUT2D eigenvalue weighted by atomic mass is 19.4. The largest absolute Gasteiger partial charge is 0.481 e. The van der Waals surface area contributed by atoms with E-state index in [-0.39, 0.29) is 34.6 Å². The Bertz CT molecular complexity index is 1640. The summed E-state index contributed by atoms with van der Waals surface area (Å²) in [5, 5.41) is 12.2. The molecule has 46 heavy (non-hydrogen) atoms. The number of nitrogens with zero attached hydrogens (tertiary/aromatic N) is 2. The van der Waals surface area contributed by atoms with Crippen LogP contribution in [0.2, 0.25) is 0 Å². The molecule has 250 valence electrons. The molecule has 1 heterocycles. The van der Waals surface area contributed by atoms with E-state index < -0.39 is 64.9 Å². The lowest BCUT2D eigenvalue weighted by Crippen LogP contribution is -2.41. The third-order valence-electron chi connectivity index (χ3n) is 7.72. The Balaban J connectivity index is 2.21. The molecule has 0 bridgehead atoms. The summed E-state index contributed by atoms with van der Waals surface area (Å²) in [7, 11) is 3.77. The fourth-order valence-electron chi connectivity index (χ4n) is 5.63. The number of hydrogen-bond acceptors (Lipinski definition) is 4. The fraction of sp³-hybridized carbons (Fsp3) is 0.441. The Kier molecular flexibility index (Phi) is 11.5. The zero-order chi connectivity index (χ0) is 34.7. The van der Waals surface area contributed by atoms with Gasteiger partial charge in [-0.15, -0.1) is 0 Å². The van der Waals surface area contributed by atoms with Crippen molar-refractivity contribution >= 4 is 11.9 Å². The summed E-state index contributed by atoms with van der Waals surface area (Å²) < 4.78 is 73.5. The predicted molar refractivity (Wildman–Crippen MR) is 166 cm³/mol. The number of amides is 1. The van der Waals surface area contributed by atoms with Gasteiger partial charge in [-0.25, -0.2) is 8.78 Å². The molecule has 0 spiro atoms. The van der Waals surface area contributed by atoms with E-state index in [1.54, 1.807) is 19.2 Å². The van der Waals surface area contributed by atoms with E-state index in [2.05, 4.69) is 5.32 Å². The molecule has 0 aliphatic rings. The Morgan fingerprint density at radius 1 is 0.978 bits per heavy atom. The number of aryl methyl sites for hydroxylation is 3. The van der Waals surface area contributed by atoms with Crippen molar-refractivity contribution in [3.8, 4) is 11.1 Å². The van der Waals surface area contributed by atoms with Crippen molar-refractivity contribution < 1.29 is 36.6 Å². The van der Waals surface area contributed by atoms with Gasteiger partial charge in [-0.3, -0.25) is 14.4 Å². The summed E-state index contributed by atoms with van der Waals surface area (Å²) in [5.74, 6) is -4.83. The minimum absolute atomic E-state index is 0.123. The van der Waals surface area contributed by atoms with E-state index in [4.69, 9.17) is 0 Å². The van der Waals surface area contributed by atoms with Gasteiger partial charge in [0.2, 0.25) is 5.91 Å². The van der Waals surface area contributed by atoms with Crippen LogP contribution in [-0.2, 0) is 22.2 Å². The SMILES string of the molecule is Cc1cc(F)cc(C)c1-c1cc(C(CC(=O)O)NC(=O)C(CC(C)C)n2cc(CCN(C)C)cc(C)c2=O)c(F)c(C(F)(F)F)c1. The van der Waals surface area contributed by atoms with Crippen LogP contribution in [0.15, 0.2) is 41.3 Å². The van der Waals surface area contributed by atoms with E-state index in [0.29, 0.717) is 24.6 Å². The molecule has 12 heteroatoms. The van der Waals surface area contributed by atoms with Crippen molar-refractivity contribution in [2.45, 2.75) is 72.1 Å². The highest BCUT2D eigenvalue weighted by Gasteiger charge is 2.38. The normalized spacial score (nSPS) is 13.3. The maximum atomic E-state index is 15.8. The van der Waals surface area contributed by atoms with Gasteiger partial charge in [0.05, 0.1) is 18.0 Å². The van der Waals surface area contributed by atoms with Crippen molar-refractivity contribution in [2.75, 3.05) is 20.6 Å². The van der Waals surface area contributed by atoms with E-state index >= 15 is 4.39 Å². The molecular weight excluding hydrogens is 609 g/mol. The second-order valence-electron chi connectivity index (χ2n) is 12.4. The third kappa shape index (κ3) is 8.80. The van der Waals surface area contributed by atoms with Crippen molar-refractivity contribution in [3.63, 3.8) is 0 Å². The average Bonchev–Trinajstić information content (AvgIpc) is 2.91. The molecule has 1 amide bonds. The Morgan fingerprint density at radius 3 is 2.11 bits per heavy atom. The number of aliphatic carboxylic acids is 1. The smallest absolute Gasteiger partial charge is 0.419 e. The van der Waals surface area contributed by atoms with Gasteiger partial charge in [0, 0.05) is 23.9 Å². The van der Waals surface area contributed by atoms with Crippen LogP contribution in [0.1, 0.15) is 72.2 Å². The van der Waals surface area contributed by atoms with Gasteiger partial charge in [0.1, 0.15) is 17.7 Å². The Morgan fingerprint density at radius 2 is 1.59 bits per heavy atom. The number of carbonyl (C=O) groups excluding carboxylic acids is 1. The molecule has 2 atom stereocenters. The van der Waals surface area contributed by atoms with Gasteiger partial charge in [-0.05, 0) is 112 Å². The second kappa shape index (κ2) is 14.6. The zero-order valence-electron chi connectivity index (χ0n) is 27.0. The first-order valence-electron chi connectivity index (χ1n) is 14.9. The lowest BCUT2D eigenvalue weighted by Gasteiger charge is -2.27. The molecule has 3 rings (SSSR count). The summed E-state index contributed by atoms with van der Waals surface area (Å²) in [4.78, 5) is 41.1. The molecule has 0 saturated heterocycles. The average molecular weight is 650 g/mol. The number of alkyl halides is 3. The highest BCUT2D eigenvalue weighted by Crippen LogP contribution is 2.40. The maximum Gasteiger partial charge on any atom is 0.419 e. The maximum absolute atomic E-state index is 15.8. The number of nitrogens with one attached hydrogen (secondary N) is 1. The van der Waals surface area contributed by atoms with Gasteiger partial charge in [0.25, 0.3) is 5.56 Å². The van der Waals surface area contributed by atoms with Gasteiger partial charge in [-0.1, -0.05) is 13.8 Å². The molecule has 1 aromatic heterocycles. The van der Waals surface area contributed by atoms with E-state index in [0.717, 1.165) is 23.8 Å². The Hall–Kier alpha value is -4.06. The van der Waals surface area contributed by atoms with Crippen LogP contribution in [0.4, 0.5) is 22.0 Å². The predicted octanol–water partition coefficient (Wildman–Crippen LogP) is 6.76. The molecular formula is C34H40F5N3O4. The van der Waals surface area contributed by atoms with Crippen LogP contribution in [0, 0.1) is 38.3 Å². The van der Waals surface area contributed by atoms with Crippen LogP contribution in [0.25, 0.3) is 11.1 Å². The summed E-state index contributed by atoms with van der Waals surface area (Å²) in [5.41, 5.74) is -1.02. The molecule has 0 aliphatic heterocycles. The van der Waals surface area contributed by atoms with Gasteiger partial charge >= 0.3 is 12.1 Å². The topological polar surface area (TPSA) is 91.6 Å². The highest BCUT2D eigenvalue weighted by molar-refractivity contribution is 5.82. The molecule has 0 saturated carbocycles. The molecule has 2 unspecified atom stereocenters. The first kappa shape index (κ1) is 36.4. The molecule has 2 N–H and O–H groups in total. The van der Waals surface area contributed by atoms with Crippen molar-refractivity contribution in [2.24, 2.45) is 5.92 Å². The second-order valence-corrected chi connectivity index (χ2v) is 12.4. The lowest BCUT2D eigenvalue weighted by molar-refractivity contribution is -0.140. The van der Waals surface area contributed by atoms with Gasteiger partial charge in [0.15, 0.2) is 0 Å². The third-order valence-corrected chi connectivity index (χ3v) is 7.72. The molecule has 0 aliphatic carbocycles. The molecule has 0 radical (unpaired) electrons. The first-order valence-corrected chi connectivity index (χ1v) is 14.9. The first-order chi connectivity index (χ1) is 21.3. The number of carbonyl (C=O) groups is 2. The number of pyridine rings is 1. The number of carboxylic acid groups (broad SMARTS) is 1. The summed E-state index contributed by atoms with van der Waals surface area (Å²) in [6, 6.07) is 2.71. The zero-order valence-corrected chi connectivity index (χ0v) is 27.0. The Labute approximate surface area is 265 Å². The summed E-state index contributed by atoms with van der Waals surface area (Å²) >= 11 is 0. The van der Waals surface area contributed by atoms with Crippen molar-refractivity contribution in [3.05, 3.63) is 91.9 Å². The van der Waals surface area contributed by atoms with Crippen molar-refractivity contribution in [1.82, 2.24) is 14.8 Å². The van der Waals surface area contributed by atoms with Crippen molar-refractivity contribution in [1.29, 1.82) is 0 Å². The van der Waals surface area contributed by atoms with Gasteiger partial charge in [-0.2, -0.15) is 13.2 Å². The number of rotatable bonds is 12. The minimum atomic E-state index is -5.17. The number of hydrogen-bond donors (Lipinski definition) is 2. The number of halogens is 5. The quantitative estimate of drug-likeness (QED) is 0.212. The lowest BCUT2D eigenvalue weighted by atomic mass is 9.89. The molecule has 2 aromatic carbocycles. The summed E-state index contributed by atoms with van der Waals surface area (Å²) in [6.07, 6.45) is -3.87. The van der Waals surface area contributed by atoms with Crippen LogP contribution >= 0.6 is 0 Å². The van der Waals surface area contributed by atoms with E-state index in [9.17, 15) is 37.1 Å². The molecule has 7 nitrogen and oxygen atoms in total.